The zero-order valence-corrected chi connectivity index (χ0v) is 14.4. The molecule has 22 heavy (non-hydrogen) atoms. The van der Waals surface area contributed by atoms with Crippen LogP contribution in [-0.2, 0) is 4.74 Å². The van der Waals surface area contributed by atoms with Gasteiger partial charge in [0.15, 0.2) is 11.5 Å². The monoisotopic (exact) mass is 353 g/mol. The van der Waals surface area contributed by atoms with E-state index in [0.29, 0.717) is 41.8 Å². The van der Waals surface area contributed by atoms with Crippen LogP contribution in [0.3, 0.4) is 0 Å². The van der Waals surface area contributed by atoms with Gasteiger partial charge in [-0.05, 0) is 12.1 Å². The van der Waals surface area contributed by atoms with E-state index in [1.165, 1.54) is 21.3 Å². The molecule has 0 aliphatic carbocycles. The molecular weight excluding hydrogens is 333 g/mol. The van der Waals surface area contributed by atoms with E-state index < -0.39 is 5.97 Å². The van der Waals surface area contributed by atoms with Gasteiger partial charge < -0.3 is 24.3 Å². The second-order valence-electron chi connectivity index (χ2n) is 3.99. The van der Waals surface area contributed by atoms with Gasteiger partial charge in [0.05, 0.1) is 26.9 Å². The number of hydrogen-bond acceptors (Lipinski definition) is 6. The van der Waals surface area contributed by atoms with Gasteiger partial charge in [0.1, 0.15) is 6.61 Å². The topological polar surface area (TPSA) is 66.0 Å². The van der Waals surface area contributed by atoms with Gasteiger partial charge in [-0.25, -0.2) is 4.79 Å². The van der Waals surface area contributed by atoms with E-state index in [1.54, 1.807) is 12.1 Å². The normalized spacial score (nSPS) is 9.64. The minimum atomic E-state index is -0.457. The number of ether oxygens (including phenoxy) is 4. The van der Waals surface area contributed by atoms with E-state index >= 15 is 0 Å². The van der Waals surface area contributed by atoms with Crippen molar-refractivity contribution in [2.75, 3.05) is 46.9 Å². The molecule has 0 aromatic heterocycles. The van der Waals surface area contributed by atoms with Crippen molar-refractivity contribution in [3.8, 4) is 17.2 Å². The first-order chi connectivity index (χ1) is 10.2. The fourth-order valence-electron chi connectivity index (χ4n) is 1.69. The molecule has 1 aromatic carbocycles. The van der Waals surface area contributed by atoms with Gasteiger partial charge in [-0.15, -0.1) is 24.0 Å². The molecule has 126 valence electrons. The molecule has 6 nitrogen and oxygen atoms in total. The van der Waals surface area contributed by atoms with E-state index in [9.17, 15) is 4.79 Å². The molecule has 0 radical (unpaired) electrons. The molecule has 0 fully saturated rings. The molecule has 0 bridgehead atoms. The minimum absolute atomic E-state index is 0. The fraction of sp³-hybridized carbons (Fsp3) is 0.500. The first-order valence-corrected chi connectivity index (χ1v) is 6.95. The summed E-state index contributed by atoms with van der Waals surface area (Å²) in [5.74, 6) is 1.30. The predicted octanol–water partition coefficient (Wildman–Crippen LogP) is 2.12. The predicted molar refractivity (Wildman–Crippen MR) is 87.2 cm³/mol. The standard InChI is InChI=1S/C14H20ClNO5.ClH/c1-18-11-8-10(9-12(19-2)13(11)20-3)14(17)21-7-6-16-5-4-15;/h8-9,16H,4-7H2,1-3H3;1H. The number of alkyl halides is 1. The highest BCUT2D eigenvalue weighted by molar-refractivity contribution is 6.18. The number of halogens is 2. The Morgan fingerprint density at radius 2 is 1.68 bits per heavy atom. The average Bonchev–Trinajstić information content (AvgIpc) is 2.52. The van der Waals surface area contributed by atoms with Gasteiger partial charge in [-0.1, -0.05) is 0 Å². The highest BCUT2D eigenvalue weighted by Crippen LogP contribution is 2.38. The maximum atomic E-state index is 12.0. The van der Waals surface area contributed by atoms with Crippen molar-refractivity contribution in [2.24, 2.45) is 0 Å². The maximum absolute atomic E-state index is 12.0. The Morgan fingerprint density at radius 3 is 2.14 bits per heavy atom. The van der Waals surface area contributed by atoms with Crippen molar-refractivity contribution < 1.29 is 23.7 Å². The number of benzene rings is 1. The number of carbonyl (C=O) groups excluding carboxylic acids is 1. The van der Waals surface area contributed by atoms with E-state index in [4.69, 9.17) is 30.5 Å². The first-order valence-electron chi connectivity index (χ1n) is 6.41. The molecule has 0 saturated heterocycles. The molecule has 0 heterocycles. The minimum Gasteiger partial charge on any atom is -0.493 e. The number of esters is 1. The zero-order chi connectivity index (χ0) is 15.7. The summed E-state index contributed by atoms with van der Waals surface area (Å²) < 4.78 is 20.7. The second-order valence-corrected chi connectivity index (χ2v) is 4.37. The Morgan fingerprint density at radius 1 is 1.09 bits per heavy atom. The lowest BCUT2D eigenvalue weighted by atomic mass is 10.2. The Kier molecular flexibility index (Phi) is 10.5. The van der Waals surface area contributed by atoms with Crippen LogP contribution in [0, 0.1) is 0 Å². The van der Waals surface area contributed by atoms with Crippen molar-refractivity contribution in [3.63, 3.8) is 0 Å². The third kappa shape index (κ3) is 5.79. The van der Waals surface area contributed by atoms with Crippen LogP contribution in [0.25, 0.3) is 0 Å². The van der Waals surface area contributed by atoms with Crippen molar-refractivity contribution in [2.45, 2.75) is 0 Å². The van der Waals surface area contributed by atoms with Crippen molar-refractivity contribution in [3.05, 3.63) is 17.7 Å². The molecule has 0 saturated carbocycles. The van der Waals surface area contributed by atoms with Crippen LogP contribution < -0.4 is 19.5 Å². The summed E-state index contributed by atoms with van der Waals surface area (Å²) in [4.78, 5) is 12.0. The summed E-state index contributed by atoms with van der Waals surface area (Å²) in [5.41, 5.74) is 0.335. The number of methoxy groups -OCH3 is 3. The van der Waals surface area contributed by atoms with Crippen molar-refractivity contribution in [1.82, 2.24) is 5.32 Å². The largest absolute Gasteiger partial charge is 0.493 e. The Hall–Kier alpha value is -1.37. The number of rotatable bonds is 9. The highest BCUT2D eigenvalue weighted by Gasteiger charge is 2.17. The summed E-state index contributed by atoms with van der Waals surface area (Å²) in [6, 6.07) is 3.10. The van der Waals surface area contributed by atoms with E-state index in [2.05, 4.69) is 5.32 Å². The molecule has 0 unspecified atom stereocenters. The van der Waals surface area contributed by atoms with E-state index in [1.807, 2.05) is 0 Å². The molecule has 0 amide bonds. The SMILES string of the molecule is COc1cc(C(=O)OCCNCCCl)cc(OC)c1OC.Cl. The van der Waals surface area contributed by atoms with Crippen LogP contribution in [0.2, 0.25) is 0 Å². The quantitative estimate of drug-likeness (QED) is 0.416. The summed E-state index contributed by atoms with van der Waals surface area (Å²) in [6.07, 6.45) is 0. The van der Waals surface area contributed by atoms with Crippen LogP contribution in [0.15, 0.2) is 12.1 Å². The fourth-order valence-corrected chi connectivity index (χ4v) is 1.82. The van der Waals surface area contributed by atoms with Crippen LogP contribution in [0.1, 0.15) is 10.4 Å². The molecule has 0 atom stereocenters. The lowest BCUT2D eigenvalue weighted by molar-refractivity contribution is 0.0508. The lowest BCUT2D eigenvalue weighted by Gasteiger charge is -2.13. The summed E-state index contributed by atoms with van der Waals surface area (Å²) >= 11 is 5.52. The lowest BCUT2D eigenvalue weighted by Crippen LogP contribution is -2.23. The van der Waals surface area contributed by atoms with E-state index in [-0.39, 0.29) is 19.0 Å². The highest BCUT2D eigenvalue weighted by atomic mass is 35.5. The summed E-state index contributed by atoms with van der Waals surface area (Å²) in [5, 5.41) is 3.03. The van der Waals surface area contributed by atoms with Crippen molar-refractivity contribution in [1.29, 1.82) is 0 Å². The van der Waals surface area contributed by atoms with Gasteiger partial charge >= 0.3 is 5.97 Å². The third-order valence-electron chi connectivity index (χ3n) is 2.68. The van der Waals surface area contributed by atoms with Gasteiger partial charge in [0, 0.05) is 19.0 Å². The average molecular weight is 354 g/mol. The van der Waals surface area contributed by atoms with Crippen LogP contribution in [0.5, 0.6) is 17.2 Å². The third-order valence-corrected chi connectivity index (χ3v) is 2.87. The molecule has 0 aliphatic heterocycles. The Balaban J connectivity index is 0.00000441. The molecule has 8 heteroatoms. The Bertz CT molecular complexity index is 446. The van der Waals surface area contributed by atoms with E-state index in [0.717, 1.165) is 0 Å². The maximum Gasteiger partial charge on any atom is 0.338 e. The van der Waals surface area contributed by atoms with Gasteiger partial charge in [0.2, 0.25) is 5.75 Å². The zero-order valence-electron chi connectivity index (χ0n) is 12.8. The van der Waals surface area contributed by atoms with Crippen LogP contribution >= 0.6 is 24.0 Å². The number of carbonyl (C=O) groups is 1. The van der Waals surface area contributed by atoms with Gasteiger partial charge in [-0.3, -0.25) is 0 Å². The second kappa shape index (κ2) is 11.2. The van der Waals surface area contributed by atoms with Crippen LogP contribution in [0.4, 0.5) is 0 Å². The number of hydrogen-bond donors (Lipinski definition) is 1. The first kappa shape index (κ1) is 20.6. The molecular formula is C14H21Cl2NO5. The van der Waals surface area contributed by atoms with Crippen molar-refractivity contribution >= 4 is 30.0 Å². The molecule has 0 spiro atoms. The Labute approximate surface area is 141 Å². The molecule has 0 aliphatic rings. The van der Waals surface area contributed by atoms with Crippen LogP contribution in [-0.4, -0.2) is 52.9 Å². The molecule has 1 rings (SSSR count). The smallest absolute Gasteiger partial charge is 0.338 e. The summed E-state index contributed by atoms with van der Waals surface area (Å²) in [6.45, 7) is 1.47. The number of nitrogens with one attached hydrogen (secondary N) is 1. The molecule has 1 N–H and O–H groups in total. The molecule has 1 aromatic rings. The van der Waals surface area contributed by atoms with Gasteiger partial charge in [0.25, 0.3) is 0 Å². The summed E-state index contributed by atoms with van der Waals surface area (Å²) in [7, 11) is 4.48. The van der Waals surface area contributed by atoms with Gasteiger partial charge in [-0.2, -0.15) is 0 Å².